The van der Waals surface area contributed by atoms with Gasteiger partial charge in [-0.2, -0.15) is 5.10 Å². The van der Waals surface area contributed by atoms with Crippen LogP contribution in [-0.2, 0) is 0 Å². The molecule has 102 valence electrons. The van der Waals surface area contributed by atoms with Gasteiger partial charge in [0.2, 0.25) is 0 Å². The molecule has 0 aromatic carbocycles. The molecule has 4 heteroatoms. The minimum atomic E-state index is 0.326. The van der Waals surface area contributed by atoms with Gasteiger partial charge in [0.15, 0.2) is 0 Å². The molecule has 1 aliphatic rings. The van der Waals surface area contributed by atoms with E-state index in [2.05, 4.69) is 54.3 Å². The first-order chi connectivity index (χ1) is 8.99. The third-order valence-corrected chi connectivity index (χ3v) is 3.80. The van der Waals surface area contributed by atoms with Crippen molar-refractivity contribution < 1.29 is 0 Å². The van der Waals surface area contributed by atoms with Crippen LogP contribution < -0.4 is 0 Å². The van der Waals surface area contributed by atoms with E-state index >= 15 is 0 Å². The van der Waals surface area contributed by atoms with E-state index in [9.17, 15) is 0 Å². The third-order valence-electron chi connectivity index (χ3n) is 3.80. The number of allylic oxidation sites excluding steroid dienone is 4. The van der Waals surface area contributed by atoms with E-state index in [1.165, 1.54) is 18.4 Å². The summed E-state index contributed by atoms with van der Waals surface area (Å²) in [6.07, 6.45) is 12.3. The maximum absolute atomic E-state index is 4.38. The second kappa shape index (κ2) is 5.51. The van der Waals surface area contributed by atoms with Gasteiger partial charge in [0.1, 0.15) is 12.7 Å². The molecule has 0 saturated carbocycles. The Labute approximate surface area is 114 Å². The largest absolute Gasteiger partial charge is 0.207 e. The number of hydrogen-bond donors (Lipinski definition) is 0. The Kier molecular flexibility index (Phi) is 3.98. The number of nitrogens with zero attached hydrogens (tertiary/aromatic N) is 4. The summed E-state index contributed by atoms with van der Waals surface area (Å²) < 4.78 is 1.62. The topological polar surface area (TPSA) is 43.1 Å². The fraction of sp³-hybridized carbons (Fsp3) is 0.533. The molecule has 1 atom stereocenters. The van der Waals surface area contributed by atoms with Crippen molar-refractivity contribution in [3.63, 3.8) is 0 Å². The van der Waals surface area contributed by atoms with Gasteiger partial charge in [-0.25, -0.2) is 4.68 Å². The van der Waals surface area contributed by atoms with E-state index in [0.29, 0.717) is 11.3 Å². The first-order valence-corrected chi connectivity index (χ1v) is 6.74. The van der Waals surface area contributed by atoms with E-state index in [1.807, 2.05) is 6.92 Å². The second-order valence-electron chi connectivity index (χ2n) is 5.90. The van der Waals surface area contributed by atoms with Crippen LogP contribution in [0.4, 0.5) is 0 Å². The van der Waals surface area contributed by atoms with Gasteiger partial charge in [0.25, 0.3) is 0 Å². The average Bonchev–Trinajstić information content (AvgIpc) is 2.80. The van der Waals surface area contributed by atoms with E-state index in [0.717, 1.165) is 5.71 Å². The molecule has 1 unspecified atom stereocenters. The number of hydrogen-bond acceptors (Lipinski definition) is 3. The Hall–Kier alpha value is -1.71. The lowest BCUT2D eigenvalue weighted by molar-refractivity contribution is 0.255. The van der Waals surface area contributed by atoms with E-state index in [1.54, 1.807) is 17.3 Å². The van der Waals surface area contributed by atoms with Crippen molar-refractivity contribution in [3.05, 3.63) is 36.5 Å². The van der Waals surface area contributed by atoms with Crippen molar-refractivity contribution in [2.75, 3.05) is 0 Å². The van der Waals surface area contributed by atoms with Crippen molar-refractivity contribution in [3.8, 4) is 0 Å². The molecule has 2 rings (SSSR count). The zero-order chi connectivity index (χ0) is 13.9. The summed E-state index contributed by atoms with van der Waals surface area (Å²) in [7, 11) is 0. The van der Waals surface area contributed by atoms with Crippen LogP contribution in [0.1, 0.15) is 40.5 Å². The van der Waals surface area contributed by atoms with Crippen LogP contribution in [-0.4, -0.2) is 20.6 Å². The summed E-state index contributed by atoms with van der Waals surface area (Å²) in [4.78, 5) is 0. The van der Waals surface area contributed by atoms with Gasteiger partial charge in [-0.05, 0) is 38.2 Å². The number of aromatic nitrogens is 3. The van der Waals surface area contributed by atoms with Gasteiger partial charge in [-0.15, -0.1) is 10.2 Å². The van der Waals surface area contributed by atoms with Crippen LogP contribution in [0, 0.1) is 11.3 Å². The first-order valence-electron chi connectivity index (χ1n) is 6.74. The van der Waals surface area contributed by atoms with Crippen LogP contribution in [0.3, 0.4) is 0 Å². The lowest BCUT2D eigenvalue weighted by Gasteiger charge is -2.36. The lowest BCUT2D eigenvalue weighted by atomic mass is 9.68. The Balaban J connectivity index is 2.13. The van der Waals surface area contributed by atoms with Crippen LogP contribution in [0.25, 0.3) is 0 Å². The summed E-state index contributed by atoms with van der Waals surface area (Å²) in [5.74, 6) is 0.493. The van der Waals surface area contributed by atoms with Gasteiger partial charge in [-0.3, -0.25) is 0 Å². The molecule has 0 saturated heterocycles. The summed E-state index contributed by atoms with van der Waals surface area (Å²) in [6.45, 7) is 8.89. The molecule has 0 amide bonds. The zero-order valence-electron chi connectivity index (χ0n) is 12.2. The lowest BCUT2D eigenvalue weighted by Crippen LogP contribution is -2.26. The second-order valence-corrected chi connectivity index (χ2v) is 5.90. The van der Waals surface area contributed by atoms with Gasteiger partial charge >= 0.3 is 0 Å². The SMILES string of the molecule is CC1=CCCC(C)(C)C1C=CC(C)=Nn1cnnc1. The van der Waals surface area contributed by atoms with Gasteiger partial charge in [0, 0.05) is 5.92 Å². The maximum Gasteiger partial charge on any atom is 0.141 e. The van der Waals surface area contributed by atoms with Crippen molar-refractivity contribution in [2.24, 2.45) is 16.4 Å². The average molecular weight is 258 g/mol. The minimum Gasteiger partial charge on any atom is -0.207 e. The molecule has 0 spiro atoms. The molecule has 0 N–H and O–H groups in total. The van der Waals surface area contributed by atoms with Gasteiger partial charge in [-0.1, -0.05) is 31.6 Å². The molecule has 1 aromatic heterocycles. The highest BCUT2D eigenvalue weighted by molar-refractivity contribution is 5.92. The molecule has 1 heterocycles. The summed E-state index contributed by atoms with van der Waals surface area (Å²) in [5, 5.41) is 11.8. The third kappa shape index (κ3) is 3.40. The predicted octanol–water partition coefficient (Wildman–Crippen LogP) is 3.44. The van der Waals surface area contributed by atoms with Crippen LogP contribution >= 0.6 is 0 Å². The highest BCUT2D eigenvalue weighted by atomic mass is 15.4. The highest BCUT2D eigenvalue weighted by Crippen LogP contribution is 2.41. The molecular weight excluding hydrogens is 236 g/mol. The van der Waals surface area contributed by atoms with E-state index < -0.39 is 0 Å². The van der Waals surface area contributed by atoms with Gasteiger partial charge in [0.05, 0.1) is 5.71 Å². The highest BCUT2D eigenvalue weighted by Gasteiger charge is 2.30. The van der Waals surface area contributed by atoms with Crippen molar-refractivity contribution >= 4 is 5.71 Å². The van der Waals surface area contributed by atoms with Crippen molar-refractivity contribution in [1.29, 1.82) is 0 Å². The van der Waals surface area contributed by atoms with Gasteiger partial charge < -0.3 is 0 Å². The Morgan fingerprint density at radius 2 is 2.11 bits per heavy atom. The minimum absolute atomic E-state index is 0.326. The zero-order valence-corrected chi connectivity index (χ0v) is 12.2. The summed E-state index contributed by atoms with van der Waals surface area (Å²) in [6, 6.07) is 0. The van der Waals surface area contributed by atoms with E-state index in [4.69, 9.17) is 0 Å². The molecule has 0 radical (unpaired) electrons. The van der Waals surface area contributed by atoms with E-state index in [-0.39, 0.29) is 0 Å². The Morgan fingerprint density at radius 3 is 2.74 bits per heavy atom. The quantitative estimate of drug-likeness (QED) is 0.615. The normalized spacial score (nSPS) is 23.7. The fourth-order valence-electron chi connectivity index (χ4n) is 2.68. The van der Waals surface area contributed by atoms with Crippen molar-refractivity contribution in [2.45, 2.75) is 40.5 Å². The predicted molar refractivity (Wildman–Crippen MR) is 77.9 cm³/mol. The molecule has 1 aliphatic carbocycles. The van der Waals surface area contributed by atoms with Crippen molar-refractivity contribution in [1.82, 2.24) is 14.9 Å². The standard InChI is InChI=1S/C15H22N4/c1-12-6-5-9-15(3,4)14(12)8-7-13(2)18-19-10-16-17-11-19/h6-8,10-11,14H,5,9H2,1-4H3. The molecule has 0 aliphatic heterocycles. The van der Waals surface area contributed by atoms with Crippen LogP contribution in [0.15, 0.2) is 41.6 Å². The summed E-state index contributed by atoms with van der Waals surface area (Å²) >= 11 is 0. The molecule has 1 aromatic rings. The maximum atomic E-state index is 4.38. The molecule has 0 fully saturated rings. The summed E-state index contributed by atoms with van der Waals surface area (Å²) in [5.41, 5.74) is 2.74. The molecule has 0 bridgehead atoms. The Bertz CT molecular complexity index is 506. The first kappa shape index (κ1) is 13.7. The monoisotopic (exact) mass is 258 g/mol. The number of rotatable bonds is 3. The van der Waals surface area contributed by atoms with Crippen LogP contribution in [0.5, 0.6) is 0 Å². The molecule has 19 heavy (non-hydrogen) atoms. The smallest absolute Gasteiger partial charge is 0.141 e. The Morgan fingerprint density at radius 1 is 1.42 bits per heavy atom. The van der Waals surface area contributed by atoms with Crippen LogP contribution in [0.2, 0.25) is 0 Å². The molecule has 4 nitrogen and oxygen atoms in total. The molecular formula is C15H22N4. The fourth-order valence-corrected chi connectivity index (χ4v) is 2.68.